The van der Waals surface area contributed by atoms with Crippen molar-refractivity contribution in [2.45, 2.75) is 12.8 Å². The summed E-state index contributed by atoms with van der Waals surface area (Å²) in [6.07, 6.45) is 3.79. The zero-order valence-electron chi connectivity index (χ0n) is 27.0. The number of allylic oxidation sites excluding steroid dienone is 1. The highest BCUT2D eigenvalue weighted by Crippen LogP contribution is 2.40. The summed E-state index contributed by atoms with van der Waals surface area (Å²) in [6.45, 7) is 0. The molecule has 0 unspecified atom stereocenters. The molecule has 1 aliphatic rings. The number of fused-ring (bicyclic) bond motifs is 6. The van der Waals surface area contributed by atoms with Crippen molar-refractivity contribution < 1.29 is 8.83 Å². The summed E-state index contributed by atoms with van der Waals surface area (Å²) < 4.78 is 12.6. The van der Waals surface area contributed by atoms with Crippen molar-refractivity contribution in [1.82, 2.24) is 15.0 Å². The van der Waals surface area contributed by atoms with E-state index in [1.807, 2.05) is 54.6 Å². The van der Waals surface area contributed by atoms with E-state index in [0.717, 1.165) is 79.5 Å². The van der Waals surface area contributed by atoms with Crippen molar-refractivity contribution in [3.63, 3.8) is 0 Å². The molecule has 0 radical (unpaired) electrons. The minimum absolute atomic E-state index is 0.627. The molecule has 0 aliphatic heterocycles. The molecule has 236 valence electrons. The van der Waals surface area contributed by atoms with Crippen LogP contribution in [0.25, 0.3) is 89.6 Å². The fourth-order valence-electron chi connectivity index (χ4n) is 7.23. The highest BCUT2D eigenvalue weighted by atomic mass is 16.3. The van der Waals surface area contributed by atoms with Gasteiger partial charge in [0.25, 0.3) is 0 Å². The van der Waals surface area contributed by atoms with Crippen LogP contribution in [0.4, 0.5) is 0 Å². The van der Waals surface area contributed by atoms with E-state index in [-0.39, 0.29) is 0 Å². The van der Waals surface area contributed by atoms with Gasteiger partial charge in [0.2, 0.25) is 0 Å². The van der Waals surface area contributed by atoms with E-state index >= 15 is 0 Å². The largest absolute Gasteiger partial charge is 0.456 e. The summed E-state index contributed by atoms with van der Waals surface area (Å²) in [4.78, 5) is 15.2. The normalized spacial score (nSPS) is 12.8. The summed E-state index contributed by atoms with van der Waals surface area (Å²) >= 11 is 0. The van der Waals surface area contributed by atoms with E-state index in [1.54, 1.807) is 0 Å². The predicted molar refractivity (Wildman–Crippen MR) is 201 cm³/mol. The molecule has 9 aromatic rings. The Morgan fingerprint density at radius 2 is 1.08 bits per heavy atom. The molecule has 5 heteroatoms. The molecule has 10 rings (SSSR count). The van der Waals surface area contributed by atoms with Crippen molar-refractivity contribution in [1.29, 1.82) is 0 Å². The first-order chi connectivity index (χ1) is 24.7. The van der Waals surface area contributed by atoms with Crippen molar-refractivity contribution in [3.05, 3.63) is 163 Å². The molecular formula is C45H29N3O2. The molecule has 6 aromatic carbocycles. The monoisotopic (exact) mass is 643 g/mol. The van der Waals surface area contributed by atoms with Gasteiger partial charge in [-0.1, -0.05) is 115 Å². The molecule has 0 saturated heterocycles. The molecule has 0 bridgehead atoms. The molecule has 0 saturated carbocycles. The van der Waals surface area contributed by atoms with Crippen LogP contribution in [0.15, 0.2) is 154 Å². The first-order valence-electron chi connectivity index (χ1n) is 16.9. The Kier molecular flexibility index (Phi) is 6.56. The van der Waals surface area contributed by atoms with E-state index in [4.69, 9.17) is 23.8 Å². The number of aryl methyl sites for hydroxylation is 1. The third-order valence-electron chi connectivity index (χ3n) is 9.67. The summed E-state index contributed by atoms with van der Waals surface area (Å²) in [5.74, 6) is 2.82. The molecule has 50 heavy (non-hydrogen) atoms. The SMILES string of the molecule is C1=C(c2nc(-c3ccccc3)nc(-c3cccc(-c4cccc5oc6ccc(-c7ccccc7)cc6c45)c3)n2)CCc2c1oc1ccccc21. The van der Waals surface area contributed by atoms with Gasteiger partial charge in [-0.2, -0.15) is 0 Å². The van der Waals surface area contributed by atoms with Gasteiger partial charge in [-0.3, -0.25) is 0 Å². The second kappa shape index (κ2) is 11.5. The molecule has 5 nitrogen and oxygen atoms in total. The topological polar surface area (TPSA) is 65.0 Å². The Morgan fingerprint density at radius 1 is 0.420 bits per heavy atom. The first-order valence-corrected chi connectivity index (χ1v) is 16.9. The number of furan rings is 2. The van der Waals surface area contributed by atoms with Crippen LogP contribution in [0, 0.1) is 0 Å². The number of para-hydroxylation sites is 1. The lowest BCUT2D eigenvalue weighted by atomic mass is 9.95. The van der Waals surface area contributed by atoms with Crippen LogP contribution >= 0.6 is 0 Å². The molecule has 0 N–H and O–H groups in total. The lowest BCUT2D eigenvalue weighted by Crippen LogP contribution is -2.05. The molecule has 3 aromatic heterocycles. The van der Waals surface area contributed by atoms with E-state index in [0.29, 0.717) is 17.5 Å². The van der Waals surface area contributed by atoms with Gasteiger partial charge in [0.05, 0.1) is 0 Å². The van der Waals surface area contributed by atoms with Crippen LogP contribution < -0.4 is 0 Å². The predicted octanol–water partition coefficient (Wildman–Crippen LogP) is 11.7. The zero-order chi connectivity index (χ0) is 33.0. The van der Waals surface area contributed by atoms with Gasteiger partial charge in [-0.15, -0.1) is 0 Å². The Balaban J connectivity index is 1.11. The molecule has 0 amide bonds. The minimum atomic E-state index is 0.627. The summed E-state index contributed by atoms with van der Waals surface area (Å²) in [7, 11) is 0. The van der Waals surface area contributed by atoms with Crippen molar-refractivity contribution in [2.24, 2.45) is 0 Å². The summed E-state index contributed by atoms with van der Waals surface area (Å²) in [6, 6.07) is 50.0. The Morgan fingerprint density at radius 3 is 1.94 bits per heavy atom. The van der Waals surface area contributed by atoms with Crippen molar-refractivity contribution in [3.8, 4) is 45.0 Å². The maximum absolute atomic E-state index is 6.37. The minimum Gasteiger partial charge on any atom is -0.456 e. The van der Waals surface area contributed by atoms with Gasteiger partial charge < -0.3 is 8.83 Å². The summed E-state index contributed by atoms with van der Waals surface area (Å²) in [5.41, 5.74) is 11.3. The van der Waals surface area contributed by atoms with E-state index in [1.165, 1.54) is 16.5 Å². The third-order valence-corrected chi connectivity index (χ3v) is 9.67. The third kappa shape index (κ3) is 4.82. The van der Waals surface area contributed by atoms with Crippen LogP contribution in [0.1, 0.15) is 23.6 Å². The number of nitrogens with zero attached hydrogens (tertiary/aromatic N) is 3. The number of rotatable bonds is 5. The Bertz CT molecular complexity index is 2760. The number of benzene rings is 6. The van der Waals surface area contributed by atoms with Crippen molar-refractivity contribution in [2.75, 3.05) is 0 Å². The van der Waals surface area contributed by atoms with Gasteiger partial charge in [-0.05, 0) is 71.5 Å². The molecule has 0 atom stereocenters. The fraction of sp³-hybridized carbons (Fsp3) is 0.0444. The second-order valence-electron chi connectivity index (χ2n) is 12.7. The quantitative estimate of drug-likeness (QED) is 0.187. The maximum atomic E-state index is 6.37. The lowest BCUT2D eigenvalue weighted by molar-refractivity contribution is 0.596. The molecule has 1 aliphatic carbocycles. The number of aromatic nitrogens is 3. The van der Waals surface area contributed by atoms with Crippen molar-refractivity contribution >= 4 is 44.6 Å². The maximum Gasteiger partial charge on any atom is 0.164 e. The number of hydrogen-bond donors (Lipinski definition) is 0. The first kappa shape index (κ1) is 28.4. The van der Waals surface area contributed by atoms with Crippen LogP contribution in [-0.2, 0) is 6.42 Å². The Labute approximate surface area is 288 Å². The van der Waals surface area contributed by atoms with Gasteiger partial charge in [0.1, 0.15) is 22.5 Å². The molecule has 3 heterocycles. The van der Waals surface area contributed by atoms with Crippen LogP contribution in [0.2, 0.25) is 0 Å². The van der Waals surface area contributed by atoms with Gasteiger partial charge in [0, 0.05) is 38.4 Å². The standard InChI is InChI=1S/C45H29N3O2/c1-3-11-28(12-4-1)30-22-24-39-37(26-30)42-34(18-10-20-40(42)49-39)31-15-9-16-32(25-31)44-46-43(29-13-5-2-6-14-29)47-45(48-44)33-21-23-36-35-17-7-8-19-38(35)50-41(36)27-33/h1-20,22,24-27H,21,23H2. The smallest absolute Gasteiger partial charge is 0.164 e. The molecule has 0 spiro atoms. The van der Waals surface area contributed by atoms with Crippen LogP contribution in [0.5, 0.6) is 0 Å². The zero-order valence-corrected chi connectivity index (χ0v) is 27.0. The molecule has 0 fully saturated rings. The lowest BCUT2D eigenvalue weighted by Gasteiger charge is -2.14. The Hall–Kier alpha value is -6.59. The summed E-state index contributed by atoms with van der Waals surface area (Å²) in [5, 5.41) is 3.35. The fourth-order valence-corrected chi connectivity index (χ4v) is 7.23. The number of hydrogen-bond acceptors (Lipinski definition) is 5. The highest BCUT2D eigenvalue weighted by Gasteiger charge is 2.22. The average molecular weight is 644 g/mol. The van der Waals surface area contributed by atoms with Crippen LogP contribution in [0.3, 0.4) is 0 Å². The average Bonchev–Trinajstić information content (AvgIpc) is 3.76. The highest BCUT2D eigenvalue weighted by molar-refractivity contribution is 6.13. The van der Waals surface area contributed by atoms with Crippen LogP contribution in [-0.4, -0.2) is 15.0 Å². The molecular weight excluding hydrogens is 615 g/mol. The van der Waals surface area contributed by atoms with Gasteiger partial charge >= 0.3 is 0 Å². The van der Waals surface area contributed by atoms with E-state index < -0.39 is 0 Å². The van der Waals surface area contributed by atoms with Gasteiger partial charge in [-0.25, -0.2) is 15.0 Å². The second-order valence-corrected chi connectivity index (χ2v) is 12.7. The van der Waals surface area contributed by atoms with Gasteiger partial charge in [0.15, 0.2) is 17.5 Å². The van der Waals surface area contributed by atoms with E-state index in [9.17, 15) is 0 Å². The van der Waals surface area contributed by atoms with E-state index in [2.05, 4.69) is 97.1 Å².